The van der Waals surface area contributed by atoms with Crippen LogP contribution < -0.4 is 5.56 Å². The van der Waals surface area contributed by atoms with E-state index in [2.05, 4.69) is 4.98 Å². The summed E-state index contributed by atoms with van der Waals surface area (Å²) in [5.41, 5.74) is 2.25. The van der Waals surface area contributed by atoms with E-state index in [-0.39, 0.29) is 11.5 Å². The van der Waals surface area contributed by atoms with Crippen molar-refractivity contribution in [2.75, 3.05) is 13.1 Å². The van der Waals surface area contributed by atoms with E-state index in [0.29, 0.717) is 5.56 Å². The average Bonchev–Trinajstić information content (AvgIpc) is 2.55. The van der Waals surface area contributed by atoms with Gasteiger partial charge in [-0.05, 0) is 43.0 Å². The summed E-state index contributed by atoms with van der Waals surface area (Å²) in [6, 6.07) is 12.5. The number of nitrogens with one attached hydrogen (secondary N) is 1. The van der Waals surface area contributed by atoms with Crippen molar-refractivity contribution in [3.05, 3.63) is 58.4 Å². The topological polar surface area (TPSA) is 53.2 Å². The van der Waals surface area contributed by atoms with Crippen molar-refractivity contribution in [1.29, 1.82) is 0 Å². The molecule has 1 saturated heterocycles. The summed E-state index contributed by atoms with van der Waals surface area (Å²) in [6.45, 7) is 1.71. The lowest BCUT2D eigenvalue weighted by Gasteiger charge is -2.26. The number of likely N-dealkylation sites (tertiary alicyclic amines) is 1. The van der Waals surface area contributed by atoms with Gasteiger partial charge in [-0.3, -0.25) is 9.59 Å². The van der Waals surface area contributed by atoms with Crippen molar-refractivity contribution >= 4 is 5.91 Å². The largest absolute Gasteiger partial charge is 0.339 e. The van der Waals surface area contributed by atoms with Gasteiger partial charge in [0.2, 0.25) is 5.56 Å². The molecule has 1 aromatic carbocycles. The number of H-pyrrole nitrogens is 1. The number of carbonyl (C=O) groups excluding carboxylic acids is 1. The maximum Gasteiger partial charge on any atom is 0.253 e. The Labute approximate surface area is 123 Å². The van der Waals surface area contributed by atoms with Crippen LogP contribution in [0.3, 0.4) is 0 Å². The number of benzene rings is 1. The number of hydrogen-bond acceptors (Lipinski definition) is 2. The molecule has 0 unspecified atom stereocenters. The summed E-state index contributed by atoms with van der Waals surface area (Å²) in [7, 11) is 0. The third-order valence-electron chi connectivity index (χ3n) is 3.85. The minimum atomic E-state index is -0.124. The molecule has 1 aliphatic heterocycles. The van der Waals surface area contributed by atoms with E-state index in [0.717, 1.165) is 37.2 Å². The summed E-state index contributed by atoms with van der Waals surface area (Å²) in [5, 5.41) is 0. The SMILES string of the molecule is O=C(c1ccc(-c2cccc(=O)[nH]2)cc1)N1CCCCC1. The minimum absolute atomic E-state index is 0.0998. The zero-order valence-corrected chi connectivity index (χ0v) is 11.8. The molecule has 0 saturated carbocycles. The predicted octanol–water partition coefficient (Wildman–Crippen LogP) is 2.67. The molecular weight excluding hydrogens is 264 g/mol. The molecule has 0 spiro atoms. The Hall–Kier alpha value is -2.36. The molecule has 0 aliphatic carbocycles. The third kappa shape index (κ3) is 3.05. The predicted molar refractivity (Wildman–Crippen MR) is 82.3 cm³/mol. The monoisotopic (exact) mass is 282 g/mol. The van der Waals surface area contributed by atoms with Crippen LogP contribution in [0.2, 0.25) is 0 Å². The smallest absolute Gasteiger partial charge is 0.253 e. The lowest BCUT2D eigenvalue weighted by Crippen LogP contribution is -2.35. The van der Waals surface area contributed by atoms with Crippen molar-refractivity contribution in [2.24, 2.45) is 0 Å². The number of rotatable bonds is 2. The Bertz CT molecular complexity index is 682. The highest BCUT2D eigenvalue weighted by atomic mass is 16.2. The van der Waals surface area contributed by atoms with Crippen LogP contribution >= 0.6 is 0 Å². The van der Waals surface area contributed by atoms with Crippen LogP contribution in [0.1, 0.15) is 29.6 Å². The van der Waals surface area contributed by atoms with Crippen LogP contribution in [-0.2, 0) is 0 Å². The van der Waals surface area contributed by atoms with Crippen LogP contribution in [0.15, 0.2) is 47.3 Å². The van der Waals surface area contributed by atoms with E-state index < -0.39 is 0 Å². The van der Waals surface area contributed by atoms with E-state index in [1.165, 1.54) is 12.5 Å². The molecule has 108 valence electrons. The number of piperidine rings is 1. The first-order valence-corrected chi connectivity index (χ1v) is 7.33. The van der Waals surface area contributed by atoms with Gasteiger partial charge in [-0.25, -0.2) is 0 Å². The standard InChI is InChI=1S/C17H18N2O2/c20-16-6-4-5-15(18-16)13-7-9-14(10-8-13)17(21)19-11-2-1-3-12-19/h4-10H,1-3,11-12H2,(H,18,20). The van der Waals surface area contributed by atoms with Gasteiger partial charge < -0.3 is 9.88 Å². The number of hydrogen-bond donors (Lipinski definition) is 1. The highest BCUT2D eigenvalue weighted by Gasteiger charge is 2.17. The highest BCUT2D eigenvalue weighted by molar-refractivity contribution is 5.94. The number of nitrogens with zero attached hydrogens (tertiary/aromatic N) is 1. The summed E-state index contributed by atoms with van der Waals surface area (Å²) >= 11 is 0. The van der Waals surface area contributed by atoms with E-state index in [9.17, 15) is 9.59 Å². The number of aromatic amines is 1. The molecular formula is C17H18N2O2. The number of carbonyl (C=O) groups is 1. The summed E-state index contributed by atoms with van der Waals surface area (Å²) in [4.78, 5) is 28.4. The molecule has 4 heteroatoms. The van der Waals surface area contributed by atoms with Gasteiger partial charge in [-0.15, -0.1) is 0 Å². The molecule has 2 aromatic rings. The van der Waals surface area contributed by atoms with Crippen LogP contribution in [0, 0.1) is 0 Å². The number of pyridine rings is 1. The first-order chi connectivity index (χ1) is 10.2. The fourth-order valence-corrected chi connectivity index (χ4v) is 2.69. The fraction of sp³-hybridized carbons (Fsp3) is 0.294. The fourth-order valence-electron chi connectivity index (χ4n) is 2.69. The van der Waals surface area contributed by atoms with Crippen molar-refractivity contribution in [3.63, 3.8) is 0 Å². The normalized spacial score (nSPS) is 15.0. The maximum absolute atomic E-state index is 12.4. The van der Waals surface area contributed by atoms with E-state index in [1.807, 2.05) is 35.2 Å². The summed E-state index contributed by atoms with van der Waals surface area (Å²) < 4.78 is 0. The Morgan fingerprint density at radius 3 is 2.33 bits per heavy atom. The molecule has 0 radical (unpaired) electrons. The molecule has 4 nitrogen and oxygen atoms in total. The zero-order valence-electron chi connectivity index (χ0n) is 11.8. The Kier molecular flexibility index (Phi) is 3.86. The lowest BCUT2D eigenvalue weighted by atomic mass is 10.1. The lowest BCUT2D eigenvalue weighted by molar-refractivity contribution is 0.0724. The van der Waals surface area contributed by atoms with Crippen molar-refractivity contribution in [3.8, 4) is 11.3 Å². The van der Waals surface area contributed by atoms with Gasteiger partial charge in [0.15, 0.2) is 0 Å². The maximum atomic E-state index is 12.4. The second-order valence-electron chi connectivity index (χ2n) is 5.36. The Morgan fingerprint density at radius 1 is 0.952 bits per heavy atom. The van der Waals surface area contributed by atoms with Gasteiger partial charge >= 0.3 is 0 Å². The second-order valence-corrected chi connectivity index (χ2v) is 5.36. The Balaban J connectivity index is 1.80. The molecule has 1 aliphatic rings. The second kappa shape index (κ2) is 5.95. The minimum Gasteiger partial charge on any atom is -0.339 e. The molecule has 1 fully saturated rings. The quantitative estimate of drug-likeness (QED) is 0.920. The first kappa shape index (κ1) is 13.6. The number of amides is 1. The number of aromatic nitrogens is 1. The van der Waals surface area contributed by atoms with Crippen LogP contribution in [0.25, 0.3) is 11.3 Å². The average molecular weight is 282 g/mol. The van der Waals surface area contributed by atoms with Gasteiger partial charge in [-0.1, -0.05) is 18.2 Å². The Morgan fingerprint density at radius 2 is 1.67 bits per heavy atom. The molecule has 2 heterocycles. The first-order valence-electron chi connectivity index (χ1n) is 7.33. The van der Waals surface area contributed by atoms with Crippen molar-refractivity contribution in [2.45, 2.75) is 19.3 Å². The van der Waals surface area contributed by atoms with E-state index >= 15 is 0 Å². The molecule has 1 N–H and O–H groups in total. The molecule has 0 atom stereocenters. The third-order valence-corrected chi connectivity index (χ3v) is 3.85. The van der Waals surface area contributed by atoms with Gasteiger partial charge in [0.1, 0.15) is 0 Å². The summed E-state index contributed by atoms with van der Waals surface area (Å²) in [6.07, 6.45) is 3.40. The molecule has 1 aromatic heterocycles. The summed E-state index contributed by atoms with van der Waals surface area (Å²) in [5.74, 6) is 0.0998. The molecule has 1 amide bonds. The van der Waals surface area contributed by atoms with Gasteiger partial charge in [0.25, 0.3) is 5.91 Å². The van der Waals surface area contributed by atoms with Crippen molar-refractivity contribution < 1.29 is 4.79 Å². The van der Waals surface area contributed by atoms with Gasteiger partial charge in [0, 0.05) is 30.4 Å². The zero-order chi connectivity index (χ0) is 14.7. The van der Waals surface area contributed by atoms with E-state index in [4.69, 9.17) is 0 Å². The molecule has 0 bridgehead atoms. The highest BCUT2D eigenvalue weighted by Crippen LogP contribution is 2.18. The van der Waals surface area contributed by atoms with Crippen LogP contribution in [0.5, 0.6) is 0 Å². The van der Waals surface area contributed by atoms with Gasteiger partial charge in [0.05, 0.1) is 0 Å². The van der Waals surface area contributed by atoms with Gasteiger partial charge in [-0.2, -0.15) is 0 Å². The van der Waals surface area contributed by atoms with Crippen LogP contribution in [-0.4, -0.2) is 28.9 Å². The van der Waals surface area contributed by atoms with Crippen molar-refractivity contribution in [1.82, 2.24) is 9.88 Å². The van der Waals surface area contributed by atoms with Crippen LogP contribution in [0.4, 0.5) is 0 Å². The molecule has 21 heavy (non-hydrogen) atoms. The molecule has 3 rings (SSSR count). The van der Waals surface area contributed by atoms with E-state index in [1.54, 1.807) is 6.07 Å².